The molecule has 1 aromatic heterocycles. The minimum Gasteiger partial charge on any atom is -0.422 e. The van der Waals surface area contributed by atoms with Crippen molar-refractivity contribution in [1.29, 1.82) is 0 Å². The zero-order valence-electron chi connectivity index (χ0n) is 9.15. The molecular formula is C12H8N2O4. The Morgan fingerprint density at radius 2 is 1.89 bits per heavy atom. The second-order valence-corrected chi connectivity index (χ2v) is 3.36. The Morgan fingerprint density at radius 1 is 1.17 bits per heavy atom. The number of rotatable bonds is 3. The Morgan fingerprint density at radius 3 is 2.44 bits per heavy atom. The van der Waals surface area contributed by atoms with Gasteiger partial charge in [-0.05, 0) is 18.2 Å². The Bertz CT molecular complexity index is 566. The molecular weight excluding hydrogens is 236 g/mol. The number of nitrogens with zero attached hydrogens (tertiary/aromatic N) is 2. The standard InChI is InChI=1S/C12H8N2O4/c15-12(18-10-4-2-1-3-5-10)11-7-6-9(8-13-11)14(16)17/h1-8H. The second-order valence-electron chi connectivity index (χ2n) is 3.36. The van der Waals surface area contributed by atoms with Gasteiger partial charge in [-0.2, -0.15) is 0 Å². The van der Waals surface area contributed by atoms with E-state index in [2.05, 4.69) is 4.98 Å². The summed E-state index contributed by atoms with van der Waals surface area (Å²) in [4.78, 5) is 25.2. The fourth-order valence-electron chi connectivity index (χ4n) is 1.26. The molecule has 0 bridgehead atoms. The van der Waals surface area contributed by atoms with Crippen LogP contribution in [0.25, 0.3) is 0 Å². The highest BCUT2D eigenvalue weighted by Gasteiger charge is 2.12. The van der Waals surface area contributed by atoms with Crippen LogP contribution in [-0.4, -0.2) is 15.9 Å². The number of hydrogen-bond donors (Lipinski definition) is 0. The summed E-state index contributed by atoms with van der Waals surface area (Å²) in [6.45, 7) is 0. The lowest BCUT2D eigenvalue weighted by Crippen LogP contribution is -2.10. The van der Waals surface area contributed by atoms with Gasteiger partial charge in [0.25, 0.3) is 5.69 Å². The van der Waals surface area contributed by atoms with E-state index in [0.717, 1.165) is 6.20 Å². The van der Waals surface area contributed by atoms with Crippen molar-refractivity contribution in [2.45, 2.75) is 0 Å². The molecule has 0 aliphatic heterocycles. The lowest BCUT2D eigenvalue weighted by Gasteiger charge is -2.02. The van der Waals surface area contributed by atoms with Crippen molar-refractivity contribution in [2.75, 3.05) is 0 Å². The molecule has 0 saturated carbocycles. The van der Waals surface area contributed by atoms with Crippen molar-refractivity contribution in [3.8, 4) is 5.75 Å². The molecule has 6 nitrogen and oxygen atoms in total. The summed E-state index contributed by atoms with van der Waals surface area (Å²) in [5.41, 5.74) is -0.157. The minimum absolute atomic E-state index is 0.0180. The van der Waals surface area contributed by atoms with Crippen LogP contribution in [0.1, 0.15) is 10.5 Å². The number of carbonyl (C=O) groups is 1. The summed E-state index contributed by atoms with van der Waals surface area (Å²) in [5, 5.41) is 10.4. The molecule has 0 spiro atoms. The van der Waals surface area contributed by atoms with E-state index in [1.807, 2.05) is 0 Å². The highest BCUT2D eigenvalue weighted by atomic mass is 16.6. The van der Waals surface area contributed by atoms with Crippen LogP contribution in [0.15, 0.2) is 48.7 Å². The molecule has 0 fully saturated rings. The van der Waals surface area contributed by atoms with E-state index >= 15 is 0 Å². The average Bonchev–Trinajstić information content (AvgIpc) is 2.40. The number of para-hydroxylation sites is 1. The van der Waals surface area contributed by atoms with Crippen molar-refractivity contribution in [2.24, 2.45) is 0 Å². The van der Waals surface area contributed by atoms with Crippen LogP contribution in [0.4, 0.5) is 5.69 Å². The molecule has 0 atom stereocenters. The molecule has 1 heterocycles. The van der Waals surface area contributed by atoms with Gasteiger partial charge >= 0.3 is 5.97 Å². The third-order valence-electron chi connectivity index (χ3n) is 2.12. The van der Waals surface area contributed by atoms with Crippen molar-refractivity contribution in [3.63, 3.8) is 0 Å². The van der Waals surface area contributed by atoms with E-state index in [1.165, 1.54) is 12.1 Å². The maximum absolute atomic E-state index is 11.6. The maximum Gasteiger partial charge on any atom is 0.362 e. The predicted octanol–water partition coefficient (Wildman–Crippen LogP) is 2.21. The Hall–Kier alpha value is -2.76. The minimum atomic E-state index is -0.656. The second kappa shape index (κ2) is 5.05. The van der Waals surface area contributed by atoms with Crippen LogP contribution < -0.4 is 4.74 Å². The lowest BCUT2D eigenvalue weighted by molar-refractivity contribution is -0.385. The quantitative estimate of drug-likeness (QED) is 0.358. The van der Waals surface area contributed by atoms with Gasteiger partial charge in [0, 0.05) is 6.07 Å². The highest BCUT2D eigenvalue weighted by molar-refractivity contribution is 5.89. The van der Waals surface area contributed by atoms with Crippen LogP contribution in [0, 0.1) is 10.1 Å². The predicted molar refractivity (Wildman–Crippen MR) is 62.3 cm³/mol. The molecule has 18 heavy (non-hydrogen) atoms. The SMILES string of the molecule is O=C(Oc1ccccc1)c1ccc([N+](=O)[O-])cn1. The molecule has 90 valence electrons. The molecule has 1 aromatic carbocycles. The van der Waals surface area contributed by atoms with Gasteiger partial charge in [0.15, 0.2) is 0 Å². The molecule has 0 unspecified atom stereocenters. The van der Waals surface area contributed by atoms with Crippen molar-refractivity contribution in [1.82, 2.24) is 4.98 Å². The largest absolute Gasteiger partial charge is 0.422 e. The number of hydrogen-bond acceptors (Lipinski definition) is 5. The first-order chi connectivity index (χ1) is 8.66. The zero-order valence-corrected chi connectivity index (χ0v) is 9.15. The van der Waals surface area contributed by atoms with Gasteiger partial charge in [0.1, 0.15) is 17.6 Å². The lowest BCUT2D eigenvalue weighted by atomic mass is 10.3. The third-order valence-corrected chi connectivity index (χ3v) is 2.12. The number of carbonyl (C=O) groups excluding carboxylic acids is 1. The van der Waals surface area contributed by atoms with E-state index in [9.17, 15) is 14.9 Å². The third kappa shape index (κ3) is 2.67. The van der Waals surface area contributed by atoms with Gasteiger partial charge in [-0.3, -0.25) is 10.1 Å². The van der Waals surface area contributed by atoms with E-state index in [0.29, 0.717) is 5.75 Å². The first-order valence-electron chi connectivity index (χ1n) is 5.04. The van der Waals surface area contributed by atoms with Gasteiger partial charge in [-0.25, -0.2) is 9.78 Å². The van der Waals surface area contributed by atoms with Gasteiger partial charge in [-0.1, -0.05) is 18.2 Å². The highest BCUT2D eigenvalue weighted by Crippen LogP contribution is 2.13. The Kier molecular flexibility index (Phi) is 3.29. The van der Waals surface area contributed by atoms with Crippen LogP contribution in [0.3, 0.4) is 0 Å². The van der Waals surface area contributed by atoms with Crippen LogP contribution in [0.5, 0.6) is 5.75 Å². The zero-order chi connectivity index (χ0) is 13.0. The summed E-state index contributed by atoms with van der Waals surface area (Å²) in [6.07, 6.45) is 1.02. The number of nitro groups is 1. The fourth-order valence-corrected chi connectivity index (χ4v) is 1.26. The summed E-state index contributed by atoms with van der Waals surface area (Å²) in [5.74, 6) is -0.265. The number of esters is 1. The van der Waals surface area contributed by atoms with E-state index < -0.39 is 10.9 Å². The molecule has 0 saturated heterocycles. The molecule has 2 aromatic rings. The fraction of sp³-hybridized carbons (Fsp3) is 0. The van der Waals surface area contributed by atoms with Gasteiger partial charge in [-0.15, -0.1) is 0 Å². The Balaban J connectivity index is 2.12. The monoisotopic (exact) mass is 244 g/mol. The maximum atomic E-state index is 11.6. The summed E-state index contributed by atoms with van der Waals surface area (Å²) < 4.78 is 5.03. The first-order valence-corrected chi connectivity index (χ1v) is 5.04. The Labute approximate surface area is 102 Å². The molecule has 0 radical (unpaired) electrons. The number of ether oxygens (including phenoxy) is 1. The topological polar surface area (TPSA) is 82.3 Å². The normalized spacial score (nSPS) is 9.78. The van der Waals surface area contributed by atoms with E-state index in [4.69, 9.17) is 4.74 Å². The molecule has 0 N–H and O–H groups in total. The van der Waals surface area contributed by atoms with E-state index in [-0.39, 0.29) is 11.4 Å². The number of pyridine rings is 1. The van der Waals surface area contributed by atoms with Crippen molar-refractivity contribution in [3.05, 3.63) is 64.5 Å². The van der Waals surface area contributed by atoms with Crippen molar-refractivity contribution < 1.29 is 14.5 Å². The van der Waals surface area contributed by atoms with Gasteiger partial charge < -0.3 is 4.74 Å². The summed E-state index contributed by atoms with van der Waals surface area (Å²) in [7, 11) is 0. The number of aromatic nitrogens is 1. The number of benzene rings is 1. The average molecular weight is 244 g/mol. The van der Waals surface area contributed by atoms with Gasteiger partial charge in [0.2, 0.25) is 0 Å². The molecule has 0 aliphatic carbocycles. The summed E-state index contributed by atoms with van der Waals surface area (Å²) in [6, 6.07) is 11.0. The first kappa shape index (κ1) is 11.7. The summed E-state index contributed by atoms with van der Waals surface area (Å²) >= 11 is 0. The van der Waals surface area contributed by atoms with Gasteiger partial charge in [0.05, 0.1) is 4.92 Å². The van der Waals surface area contributed by atoms with Crippen LogP contribution in [0.2, 0.25) is 0 Å². The van der Waals surface area contributed by atoms with E-state index in [1.54, 1.807) is 30.3 Å². The molecule has 0 amide bonds. The molecule has 0 aliphatic rings. The molecule has 6 heteroatoms. The molecule has 2 rings (SSSR count). The van der Waals surface area contributed by atoms with Crippen LogP contribution in [-0.2, 0) is 0 Å². The van der Waals surface area contributed by atoms with Crippen molar-refractivity contribution >= 4 is 11.7 Å². The van der Waals surface area contributed by atoms with Crippen LogP contribution >= 0.6 is 0 Å². The smallest absolute Gasteiger partial charge is 0.362 e.